The van der Waals surface area contributed by atoms with Crippen molar-refractivity contribution >= 4 is 18.1 Å². The van der Waals surface area contributed by atoms with Crippen LogP contribution >= 0.6 is 0 Å². The van der Waals surface area contributed by atoms with Gasteiger partial charge < -0.3 is 23.8 Å². The van der Waals surface area contributed by atoms with Crippen LogP contribution in [0.2, 0.25) is 0 Å². The number of hydrogen-bond donors (Lipinski definition) is 0. The summed E-state index contributed by atoms with van der Waals surface area (Å²) in [6.45, 7) is 19.1. The summed E-state index contributed by atoms with van der Waals surface area (Å²) in [4.78, 5) is 42.3. The van der Waals surface area contributed by atoms with Crippen molar-refractivity contribution in [2.24, 2.45) is 5.92 Å². The van der Waals surface area contributed by atoms with E-state index < -0.39 is 6.16 Å². The fraction of sp³-hybridized carbons (Fsp3) is 0.933. The molecule has 0 spiro atoms. The molecule has 0 saturated heterocycles. The van der Waals surface area contributed by atoms with E-state index in [-0.39, 0.29) is 24.6 Å². The molecule has 320 valence electrons. The molecule has 9 nitrogen and oxygen atoms in total. The topological polar surface area (TPSA) is 94.6 Å². The molecule has 2 atom stereocenters. The molecule has 9 heteroatoms. The normalized spacial score (nSPS) is 12.6. The van der Waals surface area contributed by atoms with Gasteiger partial charge in [-0.05, 0) is 70.4 Å². The minimum absolute atomic E-state index is 0.113. The third-order valence-electron chi connectivity index (χ3n) is 10.6. The quantitative estimate of drug-likeness (QED) is 0.0343. The first-order chi connectivity index (χ1) is 26.3. The zero-order valence-electron chi connectivity index (χ0n) is 36.4. The maximum absolute atomic E-state index is 12.8. The first-order valence-electron chi connectivity index (χ1n) is 22.9. The summed E-state index contributed by atoms with van der Waals surface area (Å²) in [5, 5.41) is 0. The van der Waals surface area contributed by atoms with Crippen molar-refractivity contribution in [3.05, 3.63) is 0 Å². The molecule has 2 unspecified atom stereocenters. The van der Waals surface area contributed by atoms with Gasteiger partial charge in [0.15, 0.2) is 0 Å². The summed E-state index contributed by atoms with van der Waals surface area (Å²) in [6, 6.07) is 0. The maximum atomic E-state index is 12.8. The molecule has 0 amide bonds. The van der Waals surface area contributed by atoms with E-state index in [2.05, 4.69) is 51.3 Å². The van der Waals surface area contributed by atoms with Gasteiger partial charge in [-0.1, -0.05) is 138 Å². The lowest BCUT2D eigenvalue weighted by atomic mass is 9.96. The average molecular weight is 769 g/mol. The highest BCUT2D eigenvalue weighted by atomic mass is 16.7. The molecule has 0 heterocycles. The molecule has 0 bridgehead atoms. The summed E-state index contributed by atoms with van der Waals surface area (Å²) < 4.78 is 22.7. The lowest BCUT2D eigenvalue weighted by molar-refractivity contribution is -0.145. The monoisotopic (exact) mass is 769 g/mol. The molecule has 0 aliphatic rings. The Morgan fingerprint density at radius 2 is 0.889 bits per heavy atom. The zero-order valence-corrected chi connectivity index (χ0v) is 36.4. The van der Waals surface area contributed by atoms with Crippen LogP contribution in [0.5, 0.6) is 0 Å². The highest BCUT2D eigenvalue weighted by Gasteiger charge is 2.18. The second kappa shape index (κ2) is 39.4. The predicted molar refractivity (Wildman–Crippen MR) is 224 cm³/mol. The first kappa shape index (κ1) is 52.1. The molecular weight excluding hydrogens is 681 g/mol. The summed E-state index contributed by atoms with van der Waals surface area (Å²) in [5.41, 5.74) is 0. The average Bonchev–Trinajstić information content (AvgIpc) is 3.17. The fourth-order valence-corrected chi connectivity index (χ4v) is 6.82. The van der Waals surface area contributed by atoms with Gasteiger partial charge in [-0.25, -0.2) is 4.79 Å². The molecule has 0 saturated carbocycles. The van der Waals surface area contributed by atoms with E-state index in [1.165, 1.54) is 77.0 Å². The van der Waals surface area contributed by atoms with Crippen molar-refractivity contribution in [2.75, 3.05) is 59.1 Å². The lowest BCUT2D eigenvalue weighted by Gasteiger charge is -2.26. The highest BCUT2D eigenvalue weighted by Crippen LogP contribution is 2.19. The predicted octanol–water partition coefficient (Wildman–Crippen LogP) is 11.7. The van der Waals surface area contributed by atoms with Crippen molar-refractivity contribution in [3.63, 3.8) is 0 Å². The van der Waals surface area contributed by atoms with E-state index in [0.717, 1.165) is 90.4 Å². The van der Waals surface area contributed by atoms with Crippen LogP contribution < -0.4 is 0 Å². The third kappa shape index (κ3) is 33.5. The molecule has 0 N–H and O–H groups in total. The van der Waals surface area contributed by atoms with E-state index in [1.54, 1.807) is 0 Å². The second-order valence-corrected chi connectivity index (χ2v) is 15.4. The molecule has 0 radical (unpaired) electrons. The number of hydrogen-bond acceptors (Lipinski definition) is 9. The van der Waals surface area contributed by atoms with Crippen LogP contribution in [-0.2, 0) is 28.5 Å². The molecule has 54 heavy (non-hydrogen) atoms. The van der Waals surface area contributed by atoms with Crippen molar-refractivity contribution in [3.8, 4) is 0 Å². The van der Waals surface area contributed by atoms with E-state index in [4.69, 9.17) is 18.9 Å². The molecule has 0 aromatic rings. The third-order valence-corrected chi connectivity index (χ3v) is 10.6. The summed E-state index contributed by atoms with van der Waals surface area (Å²) in [5.74, 6) is 0.228. The number of ether oxygens (including phenoxy) is 4. The highest BCUT2D eigenvalue weighted by molar-refractivity contribution is 5.69. The van der Waals surface area contributed by atoms with Gasteiger partial charge >= 0.3 is 18.1 Å². The van der Waals surface area contributed by atoms with Crippen molar-refractivity contribution < 1.29 is 33.3 Å². The molecular formula is C45H88N2O7. The molecule has 0 aromatic carbocycles. The molecule has 0 rings (SSSR count). The van der Waals surface area contributed by atoms with Gasteiger partial charge in [0, 0.05) is 39.0 Å². The number of carbonyl (C=O) groups excluding carboxylic acids is 3. The van der Waals surface area contributed by atoms with E-state index in [1.807, 2.05) is 0 Å². The minimum atomic E-state index is -0.628. The molecule has 0 fully saturated rings. The number of unbranched alkanes of at least 4 members (excludes halogenated alkanes) is 14. The van der Waals surface area contributed by atoms with Gasteiger partial charge in [0.05, 0.1) is 6.61 Å². The molecule has 0 aromatic heterocycles. The largest absolute Gasteiger partial charge is 0.508 e. The Morgan fingerprint density at radius 1 is 0.444 bits per heavy atom. The molecule has 0 aliphatic carbocycles. The van der Waals surface area contributed by atoms with Gasteiger partial charge in [0.1, 0.15) is 19.3 Å². The number of carbonyl (C=O) groups is 3. The summed E-state index contributed by atoms with van der Waals surface area (Å²) in [6.07, 6.45) is 25.3. The van der Waals surface area contributed by atoms with Crippen LogP contribution in [0.15, 0.2) is 0 Å². The Kier molecular flexibility index (Phi) is 38.0. The Morgan fingerprint density at radius 3 is 1.48 bits per heavy atom. The first-order valence-corrected chi connectivity index (χ1v) is 22.9. The Balaban J connectivity index is 4.77. The van der Waals surface area contributed by atoms with Crippen molar-refractivity contribution in [1.82, 2.24) is 9.80 Å². The van der Waals surface area contributed by atoms with Gasteiger partial charge in [0.25, 0.3) is 0 Å². The van der Waals surface area contributed by atoms with Gasteiger partial charge in [0.2, 0.25) is 0 Å². The van der Waals surface area contributed by atoms with Crippen LogP contribution in [0.3, 0.4) is 0 Å². The van der Waals surface area contributed by atoms with E-state index in [9.17, 15) is 14.4 Å². The number of likely N-dealkylation sites (N-methyl/N-ethyl adjacent to an activating group) is 1. The van der Waals surface area contributed by atoms with Gasteiger partial charge in [-0.3, -0.25) is 14.5 Å². The van der Waals surface area contributed by atoms with Gasteiger partial charge in [-0.2, -0.15) is 0 Å². The Labute approximate surface area is 333 Å². The van der Waals surface area contributed by atoms with Gasteiger partial charge in [-0.15, -0.1) is 0 Å². The van der Waals surface area contributed by atoms with E-state index >= 15 is 0 Å². The summed E-state index contributed by atoms with van der Waals surface area (Å²) in [7, 11) is 0. The van der Waals surface area contributed by atoms with Crippen LogP contribution in [-0.4, -0.2) is 93.1 Å². The maximum Gasteiger partial charge on any atom is 0.508 e. The minimum Gasteiger partial charge on any atom is -0.465 e. The van der Waals surface area contributed by atoms with Crippen LogP contribution in [0.25, 0.3) is 0 Å². The van der Waals surface area contributed by atoms with Crippen LogP contribution in [0.4, 0.5) is 4.79 Å². The Bertz CT molecular complexity index is 854. The van der Waals surface area contributed by atoms with Crippen LogP contribution in [0.1, 0.15) is 202 Å². The number of rotatable bonds is 40. The lowest BCUT2D eigenvalue weighted by Crippen LogP contribution is -2.39. The SMILES string of the molecule is CCCCCCCCCC(=O)OCCN(CCOC(=O)OC(CCCCCC)CCCCC(=O)OCC(CCCC)CCCCCC)CCN(CC)CC. The number of nitrogens with zero attached hydrogens (tertiary/aromatic N) is 2. The summed E-state index contributed by atoms with van der Waals surface area (Å²) >= 11 is 0. The van der Waals surface area contributed by atoms with Crippen LogP contribution in [0, 0.1) is 5.92 Å². The van der Waals surface area contributed by atoms with Crippen molar-refractivity contribution in [1.29, 1.82) is 0 Å². The van der Waals surface area contributed by atoms with E-state index in [0.29, 0.717) is 51.5 Å². The fourth-order valence-electron chi connectivity index (χ4n) is 6.82. The Hall–Kier alpha value is -1.87. The zero-order chi connectivity index (χ0) is 39.9. The molecule has 0 aliphatic heterocycles. The smallest absolute Gasteiger partial charge is 0.465 e. The standard InChI is InChI=1S/C45H88N2O7/c1-7-13-17-20-21-22-25-32-43(48)51-38-36-47(35-34-46(11-5)12-6)37-39-52-45(50)54-42(30-24-19-15-9-3)31-26-27-33-44(49)53-40-41(28-16-10-4)29-23-18-14-8-2/h41-42H,7-40H2,1-6H3. The van der Waals surface area contributed by atoms with Crippen molar-refractivity contribution in [2.45, 2.75) is 208 Å². The second-order valence-electron chi connectivity index (χ2n) is 15.4. The number of esters is 2.